The molecule has 0 spiro atoms. The Balaban J connectivity index is 1.26. The summed E-state index contributed by atoms with van der Waals surface area (Å²) in [7, 11) is 1.57. The molecule has 0 unspecified atom stereocenters. The number of aromatic nitrogens is 2. The lowest BCUT2D eigenvalue weighted by atomic mass is 10.2. The molecule has 3 aromatic carbocycles. The quantitative estimate of drug-likeness (QED) is 0.121. The largest absolute Gasteiger partial charge is 0.497 e. The molecule has 1 saturated heterocycles. The van der Waals surface area contributed by atoms with Gasteiger partial charge in [0.25, 0.3) is 5.91 Å². The Morgan fingerprint density at radius 1 is 1.09 bits per heavy atom. The van der Waals surface area contributed by atoms with E-state index >= 15 is 0 Å². The molecule has 0 radical (unpaired) electrons. The van der Waals surface area contributed by atoms with Gasteiger partial charge < -0.3 is 10.1 Å². The topological polar surface area (TPSA) is 93.5 Å². The normalized spacial score (nSPS) is 14.5. The van der Waals surface area contributed by atoms with Gasteiger partial charge in [0.15, 0.2) is 5.16 Å². The number of anilines is 1. The van der Waals surface area contributed by atoms with Gasteiger partial charge in [-0.1, -0.05) is 66.1 Å². The van der Waals surface area contributed by atoms with Crippen molar-refractivity contribution in [2.24, 2.45) is 0 Å². The smallest absolute Gasteiger partial charge is 0.416 e. The highest BCUT2D eigenvalue weighted by molar-refractivity contribution is 8.26. The van der Waals surface area contributed by atoms with Crippen LogP contribution in [0.5, 0.6) is 5.75 Å². The summed E-state index contributed by atoms with van der Waals surface area (Å²) in [5.74, 6) is -0.763. The van der Waals surface area contributed by atoms with Crippen LogP contribution in [0.4, 0.5) is 18.9 Å². The monoisotopic (exact) mass is 656 g/mol. The number of rotatable bonds is 9. The van der Waals surface area contributed by atoms with Crippen LogP contribution in [0.3, 0.4) is 0 Å². The van der Waals surface area contributed by atoms with Crippen LogP contribution in [0.25, 0.3) is 17.1 Å². The minimum Gasteiger partial charge on any atom is -0.497 e. The molecule has 1 aliphatic heterocycles. The lowest BCUT2D eigenvalue weighted by molar-refractivity contribution is -0.137. The number of amides is 2. The number of alkyl halides is 3. The molecule has 5 rings (SSSR count). The van der Waals surface area contributed by atoms with E-state index in [9.17, 15) is 27.6 Å². The maximum Gasteiger partial charge on any atom is 0.416 e. The number of thiocarbonyl (C=S) groups is 1. The predicted molar refractivity (Wildman–Crippen MR) is 169 cm³/mol. The van der Waals surface area contributed by atoms with Crippen molar-refractivity contribution in [2.75, 3.05) is 24.7 Å². The molecule has 4 aromatic rings. The Bertz CT molecular complexity index is 1790. The SMILES string of the molecule is COc1ccc(/C=C2\SC(=S)N(CCC(=O)n3c(SCC(=O)Nc4cccc(C(F)(F)F)c4)nc4ccccc43)C2=O)cc1. The van der Waals surface area contributed by atoms with Gasteiger partial charge in [-0.2, -0.15) is 13.2 Å². The number of halogens is 3. The fraction of sp³-hybridized carbons (Fsp3) is 0.167. The van der Waals surface area contributed by atoms with Gasteiger partial charge in [-0.25, -0.2) is 4.98 Å². The number of methoxy groups -OCH3 is 1. The molecule has 1 N–H and O–H groups in total. The zero-order chi connectivity index (χ0) is 31.4. The first-order valence-corrected chi connectivity index (χ1v) is 15.2. The van der Waals surface area contributed by atoms with Crippen LogP contribution in [0, 0.1) is 0 Å². The van der Waals surface area contributed by atoms with Crippen molar-refractivity contribution in [3.63, 3.8) is 0 Å². The third-order valence-corrected chi connectivity index (χ3v) is 8.74. The highest BCUT2D eigenvalue weighted by atomic mass is 32.2. The first-order chi connectivity index (χ1) is 21.0. The van der Waals surface area contributed by atoms with Gasteiger partial charge in [-0.3, -0.25) is 23.9 Å². The van der Waals surface area contributed by atoms with E-state index in [-0.39, 0.29) is 41.4 Å². The number of hydrogen-bond acceptors (Lipinski definition) is 8. The fourth-order valence-electron chi connectivity index (χ4n) is 4.31. The number of fused-ring (bicyclic) bond motifs is 1. The predicted octanol–water partition coefficient (Wildman–Crippen LogP) is 6.73. The highest BCUT2D eigenvalue weighted by Crippen LogP contribution is 2.34. The van der Waals surface area contributed by atoms with E-state index in [2.05, 4.69) is 10.3 Å². The molecule has 44 heavy (non-hydrogen) atoms. The summed E-state index contributed by atoms with van der Waals surface area (Å²) in [5, 5.41) is 2.69. The molecular weight excluding hydrogens is 634 g/mol. The van der Waals surface area contributed by atoms with E-state index in [0.29, 0.717) is 26.0 Å². The van der Waals surface area contributed by atoms with Crippen LogP contribution in [0.1, 0.15) is 22.3 Å². The fourth-order valence-corrected chi connectivity index (χ4v) is 6.44. The summed E-state index contributed by atoms with van der Waals surface area (Å²) in [6.45, 7) is 0.0378. The maximum atomic E-state index is 13.5. The third-order valence-electron chi connectivity index (χ3n) is 6.42. The van der Waals surface area contributed by atoms with Gasteiger partial charge >= 0.3 is 6.18 Å². The van der Waals surface area contributed by atoms with Crippen LogP contribution in [-0.4, -0.2) is 55.9 Å². The second kappa shape index (κ2) is 13.2. The minimum atomic E-state index is -4.54. The molecule has 226 valence electrons. The zero-order valence-corrected chi connectivity index (χ0v) is 25.4. The molecule has 0 bridgehead atoms. The molecular formula is C30H23F3N4O4S3. The molecule has 2 heterocycles. The van der Waals surface area contributed by atoms with Crippen molar-refractivity contribution >= 4 is 80.6 Å². The number of imidazole rings is 1. The van der Waals surface area contributed by atoms with E-state index in [4.69, 9.17) is 17.0 Å². The van der Waals surface area contributed by atoms with Crippen molar-refractivity contribution in [3.8, 4) is 5.75 Å². The summed E-state index contributed by atoms with van der Waals surface area (Å²) in [4.78, 5) is 45.5. The first kappa shape index (κ1) is 31.3. The lowest BCUT2D eigenvalue weighted by Crippen LogP contribution is -2.31. The number of benzene rings is 3. The Hall–Kier alpha value is -4.14. The van der Waals surface area contributed by atoms with Crippen molar-refractivity contribution in [3.05, 3.63) is 88.8 Å². The number of thioether (sulfide) groups is 2. The number of para-hydroxylation sites is 2. The third kappa shape index (κ3) is 7.14. The number of carbonyl (C=O) groups is 3. The van der Waals surface area contributed by atoms with Crippen molar-refractivity contribution in [2.45, 2.75) is 17.8 Å². The Kier molecular flexibility index (Phi) is 9.42. The number of hydrogen-bond donors (Lipinski definition) is 1. The van der Waals surface area contributed by atoms with Gasteiger partial charge in [-0.15, -0.1) is 0 Å². The summed E-state index contributed by atoms with van der Waals surface area (Å²) >= 11 is 7.54. The van der Waals surface area contributed by atoms with E-state index in [1.54, 1.807) is 49.6 Å². The second-order valence-electron chi connectivity index (χ2n) is 9.38. The molecule has 8 nitrogen and oxygen atoms in total. The van der Waals surface area contributed by atoms with E-state index in [1.807, 2.05) is 12.1 Å². The summed E-state index contributed by atoms with van der Waals surface area (Å²) in [6.07, 6.45) is -2.90. The second-order valence-corrected chi connectivity index (χ2v) is 12.0. The van der Waals surface area contributed by atoms with Crippen LogP contribution < -0.4 is 10.1 Å². The van der Waals surface area contributed by atoms with Crippen molar-refractivity contribution in [1.29, 1.82) is 0 Å². The summed E-state index contributed by atoms with van der Waals surface area (Å²) < 4.78 is 46.0. The van der Waals surface area contributed by atoms with E-state index in [1.165, 1.54) is 21.6 Å². The van der Waals surface area contributed by atoms with Crippen LogP contribution in [0.15, 0.2) is 82.9 Å². The maximum absolute atomic E-state index is 13.5. The van der Waals surface area contributed by atoms with Gasteiger partial charge in [-0.05, 0) is 54.1 Å². The van der Waals surface area contributed by atoms with Crippen molar-refractivity contribution < 1.29 is 32.3 Å². The average molecular weight is 657 g/mol. The minimum absolute atomic E-state index is 0.000432. The summed E-state index contributed by atoms with van der Waals surface area (Å²) in [6, 6.07) is 18.5. The highest BCUT2D eigenvalue weighted by Gasteiger charge is 2.33. The van der Waals surface area contributed by atoms with Gasteiger partial charge in [0.05, 0.1) is 34.4 Å². The molecule has 0 atom stereocenters. The number of carbonyl (C=O) groups excluding carboxylic acids is 3. The Labute approximate surface area is 263 Å². The zero-order valence-electron chi connectivity index (χ0n) is 23.0. The lowest BCUT2D eigenvalue weighted by Gasteiger charge is -2.15. The Morgan fingerprint density at radius 3 is 2.57 bits per heavy atom. The van der Waals surface area contributed by atoms with Crippen LogP contribution >= 0.6 is 35.7 Å². The first-order valence-electron chi connectivity index (χ1n) is 13.0. The van der Waals surface area contributed by atoms with Crippen LogP contribution in [0.2, 0.25) is 0 Å². The van der Waals surface area contributed by atoms with Gasteiger partial charge in [0, 0.05) is 18.7 Å². The van der Waals surface area contributed by atoms with E-state index < -0.39 is 17.6 Å². The molecule has 1 fully saturated rings. The molecule has 0 saturated carbocycles. The molecule has 0 aliphatic carbocycles. The molecule has 1 aromatic heterocycles. The molecule has 14 heteroatoms. The summed E-state index contributed by atoms with van der Waals surface area (Å²) in [5.41, 5.74) is 0.955. The number of ether oxygens (including phenoxy) is 1. The van der Waals surface area contributed by atoms with E-state index in [0.717, 1.165) is 41.2 Å². The number of nitrogens with one attached hydrogen (secondary N) is 1. The standard InChI is InChI=1S/C30H23F3N4O4S3/c1-41-21-11-9-18(10-12-21)15-24-27(40)36(29(42)44-24)14-13-26(39)37-23-8-3-2-7-22(23)35-28(37)43-17-25(38)34-20-6-4-5-19(16-20)30(31,32)33/h2-12,15-16H,13-14,17H2,1H3,(H,34,38)/b24-15-. The van der Waals surface area contributed by atoms with Gasteiger partial charge in [0.2, 0.25) is 11.8 Å². The molecule has 1 aliphatic rings. The molecule has 2 amide bonds. The van der Waals surface area contributed by atoms with Crippen LogP contribution in [-0.2, 0) is 15.8 Å². The average Bonchev–Trinajstić information content (AvgIpc) is 3.50. The van der Waals surface area contributed by atoms with Gasteiger partial charge in [0.1, 0.15) is 10.1 Å². The Morgan fingerprint density at radius 2 is 1.84 bits per heavy atom. The number of nitrogens with zero attached hydrogens (tertiary/aromatic N) is 3. The van der Waals surface area contributed by atoms with Crippen molar-refractivity contribution in [1.82, 2.24) is 14.5 Å².